The third kappa shape index (κ3) is 5.92. The van der Waals surface area contributed by atoms with Gasteiger partial charge >= 0.3 is 0 Å². The Morgan fingerprint density at radius 2 is 1.25 bits per heavy atom. The largest absolute Gasteiger partial charge is 0.0654 e. The molecule has 16 heavy (non-hydrogen) atoms. The van der Waals surface area contributed by atoms with E-state index in [9.17, 15) is 0 Å². The van der Waals surface area contributed by atoms with E-state index in [-0.39, 0.29) is 0 Å². The second-order valence-electron chi connectivity index (χ2n) is 5.85. The Labute approximate surface area is 103 Å². The monoisotopic (exact) mass is 224 g/mol. The Kier molecular flexibility index (Phi) is 7.98. The van der Waals surface area contributed by atoms with Crippen molar-refractivity contribution in [2.75, 3.05) is 0 Å². The van der Waals surface area contributed by atoms with Gasteiger partial charge in [-0.25, -0.2) is 0 Å². The summed E-state index contributed by atoms with van der Waals surface area (Å²) >= 11 is 0. The minimum Gasteiger partial charge on any atom is -0.0654 e. The van der Waals surface area contributed by atoms with Gasteiger partial charge in [0.05, 0.1) is 0 Å². The van der Waals surface area contributed by atoms with Gasteiger partial charge in [-0.05, 0) is 11.8 Å². The summed E-state index contributed by atoms with van der Waals surface area (Å²) in [7, 11) is 0. The first-order valence-electron chi connectivity index (χ1n) is 7.86. The molecule has 0 nitrogen and oxygen atoms in total. The molecular weight excluding hydrogens is 192 g/mol. The summed E-state index contributed by atoms with van der Waals surface area (Å²) in [5.74, 6) is 2.16. The van der Waals surface area contributed by atoms with Gasteiger partial charge in [-0.15, -0.1) is 0 Å². The summed E-state index contributed by atoms with van der Waals surface area (Å²) in [6.07, 6.45) is 17.8. The molecule has 0 unspecified atom stereocenters. The van der Waals surface area contributed by atoms with E-state index in [1.165, 1.54) is 77.0 Å². The van der Waals surface area contributed by atoms with Crippen molar-refractivity contribution in [1.82, 2.24) is 0 Å². The van der Waals surface area contributed by atoms with Crippen molar-refractivity contribution in [3.8, 4) is 0 Å². The molecule has 1 fully saturated rings. The van der Waals surface area contributed by atoms with Gasteiger partial charge in [0.15, 0.2) is 0 Å². The van der Waals surface area contributed by atoms with Gasteiger partial charge in [0, 0.05) is 0 Å². The van der Waals surface area contributed by atoms with Crippen LogP contribution < -0.4 is 0 Å². The predicted octanol–water partition coefficient (Wildman–Crippen LogP) is 5.95. The van der Waals surface area contributed by atoms with E-state index in [0.29, 0.717) is 0 Å². The molecule has 0 bridgehead atoms. The summed E-state index contributed by atoms with van der Waals surface area (Å²) in [6.45, 7) is 4.66. The van der Waals surface area contributed by atoms with Gasteiger partial charge in [-0.2, -0.15) is 0 Å². The van der Waals surface area contributed by atoms with E-state index in [1.54, 1.807) is 0 Å². The molecule has 0 aliphatic heterocycles. The van der Waals surface area contributed by atoms with Crippen LogP contribution in [0.15, 0.2) is 0 Å². The van der Waals surface area contributed by atoms with Crippen LogP contribution in [-0.2, 0) is 0 Å². The van der Waals surface area contributed by atoms with Crippen molar-refractivity contribution in [2.45, 2.75) is 90.9 Å². The molecule has 0 radical (unpaired) electrons. The minimum atomic E-state index is 1.07. The molecule has 0 aromatic heterocycles. The Balaban J connectivity index is 1.90. The summed E-state index contributed by atoms with van der Waals surface area (Å²) in [4.78, 5) is 0. The van der Waals surface area contributed by atoms with Crippen LogP contribution in [0.1, 0.15) is 90.9 Å². The molecule has 96 valence electrons. The number of hydrogen-bond acceptors (Lipinski definition) is 0. The summed E-state index contributed by atoms with van der Waals surface area (Å²) in [5, 5.41) is 0. The van der Waals surface area contributed by atoms with Gasteiger partial charge < -0.3 is 0 Å². The van der Waals surface area contributed by atoms with E-state index >= 15 is 0 Å². The Morgan fingerprint density at radius 1 is 0.688 bits per heavy atom. The van der Waals surface area contributed by atoms with Crippen molar-refractivity contribution < 1.29 is 0 Å². The molecule has 0 saturated heterocycles. The quantitative estimate of drug-likeness (QED) is 0.447. The van der Waals surface area contributed by atoms with Crippen molar-refractivity contribution >= 4 is 0 Å². The molecule has 0 aromatic rings. The lowest BCUT2D eigenvalue weighted by Gasteiger charge is -2.27. The van der Waals surface area contributed by atoms with Crippen LogP contribution in [0, 0.1) is 11.8 Å². The molecule has 0 spiro atoms. The highest BCUT2D eigenvalue weighted by molar-refractivity contribution is 4.71. The van der Waals surface area contributed by atoms with Crippen LogP contribution in [0.5, 0.6) is 0 Å². The Morgan fingerprint density at radius 3 is 1.88 bits per heavy atom. The first-order chi connectivity index (χ1) is 7.86. The maximum absolute atomic E-state index is 2.36. The Hall–Kier alpha value is 0. The zero-order valence-corrected chi connectivity index (χ0v) is 11.6. The third-order valence-electron chi connectivity index (χ3n) is 4.51. The van der Waals surface area contributed by atoms with Crippen molar-refractivity contribution in [1.29, 1.82) is 0 Å². The number of rotatable bonds is 8. The van der Waals surface area contributed by atoms with Gasteiger partial charge in [0.2, 0.25) is 0 Å². The van der Waals surface area contributed by atoms with Crippen LogP contribution in [-0.4, -0.2) is 0 Å². The fourth-order valence-electron chi connectivity index (χ4n) is 3.14. The molecule has 1 rings (SSSR count). The van der Waals surface area contributed by atoms with Gasteiger partial charge in [0.1, 0.15) is 0 Å². The van der Waals surface area contributed by atoms with E-state index in [2.05, 4.69) is 13.8 Å². The average Bonchev–Trinajstić information content (AvgIpc) is 2.34. The number of unbranched alkanes of at least 4 members (excludes halogenated alkanes) is 5. The lowest BCUT2D eigenvalue weighted by Crippen LogP contribution is -2.13. The summed E-state index contributed by atoms with van der Waals surface area (Å²) < 4.78 is 0. The molecule has 0 heterocycles. The van der Waals surface area contributed by atoms with Gasteiger partial charge in [0.25, 0.3) is 0 Å². The van der Waals surface area contributed by atoms with E-state index in [1.807, 2.05) is 0 Å². The molecule has 0 atom stereocenters. The Bertz CT molecular complexity index is 142. The lowest BCUT2D eigenvalue weighted by molar-refractivity contribution is 0.253. The first-order valence-corrected chi connectivity index (χ1v) is 7.86. The highest BCUT2D eigenvalue weighted by Crippen LogP contribution is 2.33. The normalized spacial score (nSPS) is 25.9. The molecule has 0 N–H and O–H groups in total. The summed E-state index contributed by atoms with van der Waals surface area (Å²) in [6, 6.07) is 0. The summed E-state index contributed by atoms with van der Waals surface area (Å²) in [5.41, 5.74) is 0. The van der Waals surface area contributed by atoms with Crippen molar-refractivity contribution in [2.24, 2.45) is 11.8 Å². The fraction of sp³-hybridized carbons (Fsp3) is 1.00. The molecule has 1 saturated carbocycles. The minimum absolute atomic E-state index is 1.07. The SMILES string of the molecule is CCCCCCCC[C@H]1CC[C@H](CC)CC1. The van der Waals surface area contributed by atoms with Crippen LogP contribution in [0.4, 0.5) is 0 Å². The van der Waals surface area contributed by atoms with Crippen LogP contribution in [0.25, 0.3) is 0 Å². The predicted molar refractivity (Wildman–Crippen MR) is 73.7 cm³/mol. The smallest absolute Gasteiger partial charge is 0.0414 e. The maximum atomic E-state index is 2.36. The van der Waals surface area contributed by atoms with E-state index in [4.69, 9.17) is 0 Å². The second kappa shape index (κ2) is 9.07. The maximum Gasteiger partial charge on any atom is -0.0414 e. The lowest BCUT2D eigenvalue weighted by atomic mass is 9.79. The van der Waals surface area contributed by atoms with Gasteiger partial charge in [-0.3, -0.25) is 0 Å². The highest BCUT2D eigenvalue weighted by Gasteiger charge is 2.19. The van der Waals surface area contributed by atoms with Crippen LogP contribution in [0.3, 0.4) is 0 Å². The van der Waals surface area contributed by atoms with Crippen LogP contribution >= 0.6 is 0 Å². The van der Waals surface area contributed by atoms with Gasteiger partial charge in [-0.1, -0.05) is 90.9 Å². The topological polar surface area (TPSA) is 0 Å². The molecule has 0 heteroatoms. The molecule has 1 aliphatic rings. The zero-order chi connectivity index (χ0) is 11.6. The number of hydrogen-bond donors (Lipinski definition) is 0. The second-order valence-corrected chi connectivity index (χ2v) is 5.85. The molecule has 0 amide bonds. The molecule has 0 aromatic carbocycles. The fourth-order valence-corrected chi connectivity index (χ4v) is 3.14. The van der Waals surface area contributed by atoms with Crippen LogP contribution in [0.2, 0.25) is 0 Å². The highest BCUT2D eigenvalue weighted by atomic mass is 14.2. The average molecular weight is 224 g/mol. The molecule has 1 aliphatic carbocycles. The molecular formula is C16H32. The third-order valence-corrected chi connectivity index (χ3v) is 4.51. The van der Waals surface area contributed by atoms with E-state index < -0.39 is 0 Å². The standard InChI is InChI=1S/C16H32/c1-3-5-6-7-8-9-10-16-13-11-15(4-2)12-14-16/h15-16H,3-14H2,1-2H3/t15-,16-. The van der Waals surface area contributed by atoms with Crippen molar-refractivity contribution in [3.63, 3.8) is 0 Å². The zero-order valence-electron chi connectivity index (χ0n) is 11.6. The van der Waals surface area contributed by atoms with Crippen molar-refractivity contribution in [3.05, 3.63) is 0 Å². The van der Waals surface area contributed by atoms with E-state index in [0.717, 1.165) is 11.8 Å². The first kappa shape index (κ1) is 14.1.